The number of nitrogens with one attached hydrogen (secondary N) is 1. The van der Waals surface area contributed by atoms with Crippen molar-refractivity contribution >= 4 is 18.0 Å². The number of rotatable bonds is 8. The van der Waals surface area contributed by atoms with Crippen LogP contribution in [0.2, 0.25) is 0 Å². The predicted octanol–water partition coefficient (Wildman–Crippen LogP) is 2.74. The molecule has 2 atom stereocenters. The molecular weight excluding hydrogens is 424 g/mol. The van der Waals surface area contributed by atoms with Crippen LogP contribution in [0.25, 0.3) is 11.1 Å². The van der Waals surface area contributed by atoms with E-state index in [0.29, 0.717) is 19.4 Å². The van der Waals surface area contributed by atoms with Crippen molar-refractivity contribution < 1.29 is 29.3 Å². The van der Waals surface area contributed by atoms with Crippen LogP contribution in [0.15, 0.2) is 48.5 Å². The van der Waals surface area contributed by atoms with Crippen LogP contribution in [0.3, 0.4) is 0 Å². The third kappa shape index (κ3) is 5.01. The van der Waals surface area contributed by atoms with Gasteiger partial charge in [-0.2, -0.15) is 0 Å². The van der Waals surface area contributed by atoms with Crippen molar-refractivity contribution in [3.05, 3.63) is 59.7 Å². The number of amides is 2. The summed E-state index contributed by atoms with van der Waals surface area (Å²) in [6.07, 6.45) is -0.0132. The average Bonchev–Trinajstić information content (AvgIpc) is 3.36. The van der Waals surface area contributed by atoms with Crippen molar-refractivity contribution in [2.75, 3.05) is 19.7 Å². The first-order chi connectivity index (χ1) is 16.0. The number of aliphatic carboxylic acids is 1. The lowest BCUT2D eigenvalue weighted by Gasteiger charge is -2.21. The van der Waals surface area contributed by atoms with Crippen molar-refractivity contribution in [2.24, 2.45) is 0 Å². The Balaban J connectivity index is 1.19. The third-order valence-electron chi connectivity index (χ3n) is 6.31. The number of likely N-dealkylation sites (tertiary alicyclic amines) is 1. The maximum atomic E-state index is 12.3. The molecule has 0 aromatic heterocycles. The lowest BCUT2D eigenvalue weighted by atomic mass is 9.98. The van der Waals surface area contributed by atoms with Gasteiger partial charge in [-0.1, -0.05) is 48.5 Å². The molecule has 2 amide bonds. The number of unbranched alkanes of at least 4 members (excludes halogenated alkanes) is 1. The fourth-order valence-electron chi connectivity index (χ4n) is 4.71. The zero-order valence-electron chi connectivity index (χ0n) is 18.3. The molecule has 0 saturated carbocycles. The second-order valence-corrected chi connectivity index (χ2v) is 8.50. The molecule has 2 aliphatic rings. The quantitative estimate of drug-likeness (QED) is 0.531. The summed E-state index contributed by atoms with van der Waals surface area (Å²) in [5.74, 6) is -1.39. The van der Waals surface area contributed by atoms with E-state index in [1.54, 1.807) is 0 Å². The van der Waals surface area contributed by atoms with Crippen LogP contribution >= 0.6 is 0 Å². The first-order valence-corrected chi connectivity index (χ1v) is 11.2. The summed E-state index contributed by atoms with van der Waals surface area (Å²) in [5.41, 5.74) is 4.64. The number of hydrogen-bond acceptors (Lipinski definition) is 5. The number of alkyl carbamates (subject to hydrolysis) is 1. The molecule has 1 aliphatic carbocycles. The van der Waals surface area contributed by atoms with Gasteiger partial charge in [0.05, 0.1) is 6.10 Å². The van der Waals surface area contributed by atoms with Crippen molar-refractivity contribution in [2.45, 2.75) is 43.7 Å². The molecule has 1 fully saturated rings. The highest BCUT2D eigenvalue weighted by molar-refractivity contribution is 5.84. The van der Waals surface area contributed by atoms with Crippen LogP contribution in [-0.2, 0) is 14.3 Å². The minimum absolute atomic E-state index is 0.00114. The lowest BCUT2D eigenvalue weighted by Crippen LogP contribution is -2.40. The molecule has 33 heavy (non-hydrogen) atoms. The zero-order valence-corrected chi connectivity index (χ0v) is 18.3. The maximum Gasteiger partial charge on any atom is 0.407 e. The van der Waals surface area contributed by atoms with Crippen molar-refractivity contribution in [1.29, 1.82) is 0 Å². The third-order valence-corrected chi connectivity index (χ3v) is 6.31. The highest BCUT2D eigenvalue weighted by Crippen LogP contribution is 2.44. The summed E-state index contributed by atoms with van der Waals surface area (Å²) in [6.45, 7) is 0.648. The summed E-state index contributed by atoms with van der Waals surface area (Å²) in [7, 11) is 0. The number of carboxylic acid groups (broad SMARTS) is 1. The number of fused-ring (bicyclic) bond motifs is 3. The molecule has 1 aliphatic heterocycles. The molecule has 1 heterocycles. The van der Waals surface area contributed by atoms with Crippen molar-refractivity contribution in [3.8, 4) is 11.1 Å². The topological polar surface area (TPSA) is 116 Å². The van der Waals surface area contributed by atoms with Crippen LogP contribution in [-0.4, -0.2) is 64.9 Å². The number of benzene rings is 2. The Hall–Kier alpha value is -3.39. The van der Waals surface area contributed by atoms with Crippen LogP contribution in [0.1, 0.15) is 42.7 Å². The van der Waals surface area contributed by atoms with Gasteiger partial charge in [-0.3, -0.25) is 4.79 Å². The second kappa shape index (κ2) is 10.0. The van der Waals surface area contributed by atoms with Crippen molar-refractivity contribution in [1.82, 2.24) is 10.2 Å². The zero-order chi connectivity index (χ0) is 23.4. The van der Waals surface area contributed by atoms with Gasteiger partial charge in [-0.25, -0.2) is 9.59 Å². The summed E-state index contributed by atoms with van der Waals surface area (Å²) in [5, 5.41) is 21.6. The van der Waals surface area contributed by atoms with E-state index in [1.807, 2.05) is 24.3 Å². The minimum Gasteiger partial charge on any atom is -0.480 e. The van der Waals surface area contributed by atoms with Gasteiger partial charge in [0, 0.05) is 31.8 Å². The Labute approximate surface area is 192 Å². The summed E-state index contributed by atoms with van der Waals surface area (Å²) in [6, 6.07) is 15.3. The van der Waals surface area contributed by atoms with Crippen LogP contribution < -0.4 is 5.32 Å². The van der Waals surface area contributed by atoms with E-state index < -0.39 is 24.2 Å². The van der Waals surface area contributed by atoms with E-state index in [2.05, 4.69) is 29.6 Å². The Morgan fingerprint density at radius 1 is 1.00 bits per heavy atom. The lowest BCUT2D eigenvalue weighted by molar-refractivity contribution is -0.148. The highest BCUT2D eigenvalue weighted by Gasteiger charge is 2.38. The molecular formula is C25H28N2O6. The Morgan fingerprint density at radius 2 is 1.64 bits per heavy atom. The number of β-amino-alcohol motifs (C(OH)–C–C–N with tert-alkyl or cyclic N) is 1. The molecule has 1 saturated heterocycles. The number of carbonyl (C=O) groups excluding carboxylic acids is 2. The smallest absolute Gasteiger partial charge is 0.407 e. The number of aliphatic hydroxyl groups is 1. The van der Waals surface area contributed by atoms with E-state index in [4.69, 9.17) is 4.74 Å². The van der Waals surface area contributed by atoms with Gasteiger partial charge in [0.1, 0.15) is 12.6 Å². The van der Waals surface area contributed by atoms with Gasteiger partial charge >= 0.3 is 12.1 Å². The van der Waals surface area contributed by atoms with E-state index in [0.717, 1.165) is 11.1 Å². The number of carbonyl (C=O) groups is 3. The van der Waals surface area contributed by atoms with Gasteiger partial charge in [0.25, 0.3) is 0 Å². The van der Waals surface area contributed by atoms with Crippen LogP contribution in [0.4, 0.5) is 4.79 Å². The van der Waals surface area contributed by atoms with Gasteiger partial charge in [0.2, 0.25) is 5.91 Å². The monoisotopic (exact) mass is 452 g/mol. The molecule has 2 aromatic carbocycles. The average molecular weight is 453 g/mol. The summed E-state index contributed by atoms with van der Waals surface area (Å²) >= 11 is 0. The highest BCUT2D eigenvalue weighted by atomic mass is 16.5. The molecule has 2 aromatic rings. The molecule has 0 radical (unpaired) electrons. The molecule has 8 heteroatoms. The minimum atomic E-state index is -1.10. The fourth-order valence-corrected chi connectivity index (χ4v) is 4.71. The SMILES string of the molecule is O=C(NCCCCC(=O)N1C[C@H](O)C[C@@H]1C(=O)O)OCC1c2ccccc2-c2ccccc21. The Kier molecular flexibility index (Phi) is 6.93. The van der Waals surface area contributed by atoms with Gasteiger partial charge in [-0.05, 0) is 35.1 Å². The standard InChI is InChI=1S/C25H28N2O6/c28-16-13-22(24(30)31)27(14-16)23(29)11-5-6-12-26-25(32)33-15-21-19-9-3-1-7-17(19)18-8-2-4-10-20(18)21/h1-4,7-10,16,21-22,28H,5-6,11-15H2,(H,26,32)(H,30,31)/t16-,22-/m1/s1. The fraction of sp³-hybridized carbons (Fsp3) is 0.400. The van der Waals surface area contributed by atoms with Gasteiger partial charge in [0.15, 0.2) is 0 Å². The summed E-state index contributed by atoms with van der Waals surface area (Å²) < 4.78 is 5.48. The summed E-state index contributed by atoms with van der Waals surface area (Å²) in [4.78, 5) is 36.9. The van der Waals surface area contributed by atoms with Crippen LogP contribution in [0.5, 0.6) is 0 Å². The Bertz CT molecular complexity index is 994. The number of carboxylic acids is 1. The first-order valence-electron chi connectivity index (χ1n) is 11.2. The molecule has 174 valence electrons. The van der Waals surface area contributed by atoms with Gasteiger partial charge < -0.3 is 25.2 Å². The first kappa shape index (κ1) is 22.8. The molecule has 0 bridgehead atoms. The molecule has 0 spiro atoms. The second-order valence-electron chi connectivity index (χ2n) is 8.50. The van der Waals surface area contributed by atoms with E-state index in [-0.39, 0.29) is 37.8 Å². The van der Waals surface area contributed by atoms with E-state index in [9.17, 15) is 24.6 Å². The predicted molar refractivity (Wildman–Crippen MR) is 121 cm³/mol. The van der Waals surface area contributed by atoms with Crippen LogP contribution in [0, 0.1) is 0 Å². The van der Waals surface area contributed by atoms with Crippen molar-refractivity contribution in [3.63, 3.8) is 0 Å². The molecule has 4 rings (SSSR count). The number of aliphatic hydroxyl groups excluding tert-OH is 1. The molecule has 3 N–H and O–H groups in total. The number of nitrogens with zero attached hydrogens (tertiary/aromatic N) is 1. The molecule has 8 nitrogen and oxygen atoms in total. The maximum absolute atomic E-state index is 12.3. The number of ether oxygens (including phenoxy) is 1. The van der Waals surface area contributed by atoms with Gasteiger partial charge in [-0.15, -0.1) is 0 Å². The molecule has 0 unspecified atom stereocenters. The van der Waals surface area contributed by atoms with E-state index in [1.165, 1.54) is 16.0 Å². The van der Waals surface area contributed by atoms with E-state index >= 15 is 0 Å². The Morgan fingerprint density at radius 3 is 2.27 bits per heavy atom. The largest absolute Gasteiger partial charge is 0.480 e. The normalized spacial score (nSPS) is 19.1. The number of hydrogen-bond donors (Lipinski definition) is 3.